The summed E-state index contributed by atoms with van der Waals surface area (Å²) in [5.74, 6) is 0.604. The molecule has 78 valence electrons. The van der Waals surface area contributed by atoms with Crippen LogP contribution in [-0.4, -0.2) is 22.4 Å². The molecule has 0 bridgehead atoms. The number of hydrogen-bond acceptors (Lipinski definition) is 4. The van der Waals surface area contributed by atoms with Gasteiger partial charge in [-0.1, -0.05) is 25.2 Å². The molecule has 0 aliphatic rings. The Kier molecular flexibility index (Phi) is 4.21. The number of nitrogens with zero attached hydrogens (tertiary/aromatic N) is 2. The SMILES string of the molecule is CNC(=S)Nc1nnc(CC(C)C)s1. The fourth-order valence-corrected chi connectivity index (χ4v) is 2.01. The lowest BCUT2D eigenvalue weighted by Crippen LogP contribution is -2.23. The molecule has 4 nitrogen and oxygen atoms in total. The monoisotopic (exact) mass is 230 g/mol. The van der Waals surface area contributed by atoms with Crippen molar-refractivity contribution in [1.82, 2.24) is 15.5 Å². The van der Waals surface area contributed by atoms with Gasteiger partial charge in [-0.2, -0.15) is 0 Å². The molecule has 0 spiro atoms. The lowest BCUT2D eigenvalue weighted by atomic mass is 10.1. The van der Waals surface area contributed by atoms with Crippen molar-refractivity contribution in [2.75, 3.05) is 12.4 Å². The van der Waals surface area contributed by atoms with Crippen molar-refractivity contribution < 1.29 is 0 Å². The number of nitrogens with one attached hydrogen (secondary N) is 2. The van der Waals surface area contributed by atoms with Crippen LogP contribution in [0, 0.1) is 5.92 Å². The maximum Gasteiger partial charge on any atom is 0.211 e. The van der Waals surface area contributed by atoms with E-state index in [1.54, 1.807) is 18.4 Å². The van der Waals surface area contributed by atoms with Gasteiger partial charge < -0.3 is 10.6 Å². The highest BCUT2D eigenvalue weighted by Crippen LogP contribution is 2.17. The summed E-state index contributed by atoms with van der Waals surface area (Å²) in [7, 11) is 1.77. The molecule has 2 N–H and O–H groups in total. The van der Waals surface area contributed by atoms with Crippen molar-refractivity contribution in [3.8, 4) is 0 Å². The number of thiocarbonyl (C=S) groups is 1. The summed E-state index contributed by atoms with van der Waals surface area (Å²) in [6, 6.07) is 0. The van der Waals surface area contributed by atoms with E-state index in [1.165, 1.54) is 0 Å². The van der Waals surface area contributed by atoms with Crippen molar-refractivity contribution in [2.24, 2.45) is 5.92 Å². The van der Waals surface area contributed by atoms with E-state index < -0.39 is 0 Å². The molecular formula is C8H14N4S2. The van der Waals surface area contributed by atoms with Gasteiger partial charge in [0.25, 0.3) is 0 Å². The number of aromatic nitrogens is 2. The van der Waals surface area contributed by atoms with Gasteiger partial charge in [-0.25, -0.2) is 0 Å². The molecule has 1 aromatic heterocycles. The van der Waals surface area contributed by atoms with E-state index in [9.17, 15) is 0 Å². The highest BCUT2D eigenvalue weighted by atomic mass is 32.1. The van der Waals surface area contributed by atoms with Crippen molar-refractivity contribution in [1.29, 1.82) is 0 Å². The van der Waals surface area contributed by atoms with Crippen LogP contribution in [0.5, 0.6) is 0 Å². The molecule has 1 heterocycles. The first-order valence-corrected chi connectivity index (χ1v) is 5.65. The minimum absolute atomic E-state index is 0.567. The van der Waals surface area contributed by atoms with E-state index in [1.807, 2.05) is 0 Å². The molecule has 1 aromatic rings. The van der Waals surface area contributed by atoms with Crippen LogP contribution < -0.4 is 10.6 Å². The molecule has 1 rings (SSSR count). The molecule has 0 radical (unpaired) electrons. The van der Waals surface area contributed by atoms with Crippen LogP contribution in [-0.2, 0) is 6.42 Å². The third kappa shape index (κ3) is 3.55. The summed E-state index contributed by atoms with van der Waals surface area (Å²) < 4.78 is 0. The predicted molar refractivity (Wildman–Crippen MR) is 63.7 cm³/mol. The van der Waals surface area contributed by atoms with E-state index in [2.05, 4.69) is 34.7 Å². The number of rotatable bonds is 3. The summed E-state index contributed by atoms with van der Waals surface area (Å²) >= 11 is 6.50. The van der Waals surface area contributed by atoms with Crippen LogP contribution in [0.3, 0.4) is 0 Å². The van der Waals surface area contributed by atoms with E-state index in [-0.39, 0.29) is 0 Å². The molecule has 0 aromatic carbocycles. The van der Waals surface area contributed by atoms with Crippen LogP contribution >= 0.6 is 23.6 Å². The molecule has 14 heavy (non-hydrogen) atoms. The van der Waals surface area contributed by atoms with Gasteiger partial charge in [-0.15, -0.1) is 10.2 Å². The van der Waals surface area contributed by atoms with Crippen LogP contribution in [0.4, 0.5) is 5.13 Å². The van der Waals surface area contributed by atoms with Crippen LogP contribution in [0.1, 0.15) is 18.9 Å². The summed E-state index contributed by atoms with van der Waals surface area (Å²) in [6.45, 7) is 4.32. The summed E-state index contributed by atoms with van der Waals surface area (Å²) in [4.78, 5) is 0. The summed E-state index contributed by atoms with van der Waals surface area (Å²) in [6.07, 6.45) is 0.964. The lowest BCUT2D eigenvalue weighted by molar-refractivity contribution is 0.640. The van der Waals surface area contributed by atoms with E-state index in [0.29, 0.717) is 11.0 Å². The van der Waals surface area contributed by atoms with E-state index in [0.717, 1.165) is 16.6 Å². The molecule has 6 heteroatoms. The average Bonchev–Trinajstić information content (AvgIpc) is 2.51. The van der Waals surface area contributed by atoms with Crippen LogP contribution in [0.25, 0.3) is 0 Å². The largest absolute Gasteiger partial charge is 0.365 e. The first-order chi connectivity index (χ1) is 6.61. The average molecular weight is 230 g/mol. The third-order valence-electron chi connectivity index (χ3n) is 1.50. The van der Waals surface area contributed by atoms with Crippen molar-refractivity contribution in [3.05, 3.63) is 5.01 Å². The minimum atomic E-state index is 0.567. The lowest BCUT2D eigenvalue weighted by Gasteiger charge is -2.00. The molecule has 0 fully saturated rings. The van der Waals surface area contributed by atoms with Gasteiger partial charge in [-0.05, 0) is 18.1 Å². The topological polar surface area (TPSA) is 49.8 Å². The van der Waals surface area contributed by atoms with Gasteiger partial charge in [0.05, 0.1) is 0 Å². The van der Waals surface area contributed by atoms with Crippen molar-refractivity contribution in [3.63, 3.8) is 0 Å². The zero-order chi connectivity index (χ0) is 10.6. The Morgan fingerprint density at radius 2 is 2.21 bits per heavy atom. The van der Waals surface area contributed by atoms with E-state index >= 15 is 0 Å². The van der Waals surface area contributed by atoms with Crippen LogP contribution in [0.15, 0.2) is 0 Å². The van der Waals surface area contributed by atoms with Gasteiger partial charge in [0, 0.05) is 13.5 Å². The van der Waals surface area contributed by atoms with Gasteiger partial charge >= 0.3 is 0 Å². The second kappa shape index (κ2) is 5.21. The van der Waals surface area contributed by atoms with Gasteiger partial charge in [0.1, 0.15) is 5.01 Å². The maximum atomic E-state index is 4.95. The molecule has 0 aliphatic carbocycles. The van der Waals surface area contributed by atoms with Gasteiger partial charge in [-0.3, -0.25) is 0 Å². The van der Waals surface area contributed by atoms with Crippen molar-refractivity contribution in [2.45, 2.75) is 20.3 Å². The highest BCUT2D eigenvalue weighted by molar-refractivity contribution is 7.80. The molecule has 0 atom stereocenters. The fraction of sp³-hybridized carbons (Fsp3) is 0.625. The second-order valence-electron chi connectivity index (χ2n) is 3.30. The Morgan fingerprint density at radius 3 is 2.79 bits per heavy atom. The van der Waals surface area contributed by atoms with Gasteiger partial charge in [0.2, 0.25) is 5.13 Å². The zero-order valence-electron chi connectivity index (χ0n) is 8.50. The molecule has 0 unspecified atom stereocenters. The highest BCUT2D eigenvalue weighted by Gasteiger charge is 2.06. The Labute approximate surface area is 93.1 Å². The summed E-state index contributed by atoms with van der Waals surface area (Å²) in [5.41, 5.74) is 0. The fourth-order valence-electron chi connectivity index (χ4n) is 0.895. The Balaban J connectivity index is 2.55. The predicted octanol–water partition coefficient (Wildman–Crippen LogP) is 1.65. The standard InChI is InChI=1S/C8H14N4S2/c1-5(2)4-6-11-12-8(14-6)10-7(13)9-3/h5H,4H2,1-3H3,(H2,9,10,12,13). The number of hydrogen-bond donors (Lipinski definition) is 2. The maximum absolute atomic E-state index is 4.95. The Bertz CT molecular complexity index is 308. The van der Waals surface area contributed by atoms with Crippen molar-refractivity contribution >= 4 is 33.8 Å². The zero-order valence-corrected chi connectivity index (χ0v) is 10.1. The smallest absolute Gasteiger partial charge is 0.211 e. The minimum Gasteiger partial charge on any atom is -0.365 e. The van der Waals surface area contributed by atoms with Gasteiger partial charge in [0.15, 0.2) is 5.11 Å². The first kappa shape index (κ1) is 11.3. The molecule has 0 saturated heterocycles. The van der Waals surface area contributed by atoms with Crippen LogP contribution in [0.2, 0.25) is 0 Å². The molecule has 0 amide bonds. The third-order valence-corrected chi connectivity index (χ3v) is 2.66. The Hall–Kier alpha value is -0.750. The molecule has 0 aliphatic heterocycles. The Morgan fingerprint density at radius 1 is 1.50 bits per heavy atom. The molecular weight excluding hydrogens is 216 g/mol. The molecule has 0 saturated carbocycles. The summed E-state index contributed by atoms with van der Waals surface area (Å²) in [5, 5.41) is 16.2. The quantitative estimate of drug-likeness (QED) is 0.773. The number of anilines is 1. The first-order valence-electron chi connectivity index (χ1n) is 4.43. The second-order valence-corrected chi connectivity index (χ2v) is 4.77. The normalized spacial score (nSPS) is 10.3. The van der Waals surface area contributed by atoms with E-state index in [4.69, 9.17) is 12.2 Å².